The number of carbonyl (C=O) groups excluding carboxylic acids is 2. The number of rotatable bonds is 11. The average Bonchev–Trinajstić information content (AvgIpc) is 2.84. The molecule has 0 bridgehead atoms. The van der Waals surface area contributed by atoms with Gasteiger partial charge < -0.3 is 20.1 Å². The number of benzene rings is 2. The zero-order valence-electron chi connectivity index (χ0n) is 21.7. The third kappa shape index (κ3) is 8.24. The molecule has 36 heavy (non-hydrogen) atoms. The Morgan fingerprint density at radius 1 is 1.19 bits per heavy atom. The number of ether oxygens (including phenoxy) is 1. The molecule has 1 amide bonds. The third-order valence-electron chi connectivity index (χ3n) is 7.41. The second-order valence-corrected chi connectivity index (χ2v) is 9.96. The summed E-state index contributed by atoms with van der Waals surface area (Å²) in [4.78, 5) is 27.2. The fraction of sp³-hybridized carbons (Fsp3) is 0.517. The fourth-order valence-electron chi connectivity index (χ4n) is 5.04. The standard InChI is InChI=1S/C29H40N2O4.ClH/c1-4-35-27(33)14-9-16-30-28(34)24(18-23-10-6-5-7-11-23)21-31-17-15-29(3,22(2)20-31)25-12-8-13-26(32)19-25;/h5-8,10-13,19,22,24,32H,4,9,14-18,20-21H2,1-3H3,(H,30,34);1H. The number of phenols is 1. The SMILES string of the molecule is CCOC(=O)CCCNC(=O)C(Cc1ccccc1)CN1CCC(C)(c2cccc(O)c2)C(C)C1.Cl. The van der Waals surface area contributed by atoms with Crippen LogP contribution in [0.5, 0.6) is 5.75 Å². The van der Waals surface area contributed by atoms with Crippen LogP contribution in [-0.4, -0.2) is 54.7 Å². The molecule has 3 unspecified atom stereocenters. The maximum absolute atomic E-state index is 13.2. The minimum atomic E-state index is -0.223. The Balaban J connectivity index is 0.00000456. The lowest BCUT2D eigenvalue weighted by Crippen LogP contribution is -2.50. The van der Waals surface area contributed by atoms with E-state index in [1.165, 1.54) is 5.56 Å². The van der Waals surface area contributed by atoms with Crippen LogP contribution in [0.25, 0.3) is 0 Å². The minimum absolute atomic E-state index is 0. The van der Waals surface area contributed by atoms with E-state index in [1.54, 1.807) is 13.0 Å². The molecule has 1 aliphatic rings. The van der Waals surface area contributed by atoms with E-state index in [0.717, 1.165) is 25.1 Å². The Hall–Kier alpha value is -2.57. The number of aromatic hydroxyl groups is 1. The van der Waals surface area contributed by atoms with E-state index >= 15 is 0 Å². The molecule has 0 aromatic heterocycles. The van der Waals surface area contributed by atoms with Gasteiger partial charge in [-0.25, -0.2) is 0 Å². The van der Waals surface area contributed by atoms with Crippen molar-refractivity contribution < 1.29 is 19.4 Å². The van der Waals surface area contributed by atoms with E-state index in [9.17, 15) is 14.7 Å². The van der Waals surface area contributed by atoms with Gasteiger partial charge in [-0.1, -0.05) is 56.3 Å². The molecule has 1 aliphatic heterocycles. The van der Waals surface area contributed by atoms with Crippen LogP contribution < -0.4 is 5.32 Å². The molecule has 7 heteroatoms. The van der Waals surface area contributed by atoms with Crippen molar-refractivity contribution in [2.45, 2.75) is 51.9 Å². The zero-order valence-corrected chi connectivity index (χ0v) is 22.6. The van der Waals surface area contributed by atoms with Gasteiger partial charge in [0.25, 0.3) is 0 Å². The Kier molecular flexibility index (Phi) is 11.7. The van der Waals surface area contributed by atoms with Crippen molar-refractivity contribution in [1.82, 2.24) is 10.2 Å². The summed E-state index contributed by atoms with van der Waals surface area (Å²) in [5.41, 5.74) is 2.30. The molecular weight excluding hydrogens is 476 g/mol. The van der Waals surface area contributed by atoms with Crippen molar-refractivity contribution in [2.75, 3.05) is 32.8 Å². The van der Waals surface area contributed by atoms with Gasteiger partial charge in [-0.3, -0.25) is 9.59 Å². The largest absolute Gasteiger partial charge is 0.508 e. The number of nitrogens with one attached hydrogen (secondary N) is 1. The smallest absolute Gasteiger partial charge is 0.305 e. The molecule has 0 aliphatic carbocycles. The molecule has 1 heterocycles. The number of likely N-dealkylation sites (tertiary alicyclic amines) is 1. The third-order valence-corrected chi connectivity index (χ3v) is 7.41. The van der Waals surface area contributed by atoms with E-state index in [2.05, 4.69) is 42.3 Å². The number of halogens is 1. The summed E-state index contributed by atoms with van der Waals surface area (Å²) in [6.45, 7) is 9.67. The second-order valence-electron chi connectivity index (χ2n) is 9.96. The van der Waals surface area contributed by atoms with E-state index < -0.39 is 0 Å². The van der Waals surface area contributed by atoms with Gasteiger partial charge in [0.1, 0.15) is 5.75 Å². The van der Waals surface area contributed by atoms with Crippen molar-refractivity contribution >= 4 is 24.3 Å². The van der Waals surface area contributed by atoms with Crippen LogP contribution in [-0.2, 0) is 26.2 Å². The van der Waals surface area contributed by atoms with Crippen molar-refractivity contribution in [2.24, 2.45) is 11.8 Å². The van der Waals surface area contributed by atoms with Gasteiger partial charge in [0.2, 0.25) is 5.91 Å². The summed E-state index contributed by atoms with van der Waals surface area (Å²) < 4.78 is 4.97. The number of esters is 1. The highest BCUT2D eigenvalue weighted by Crippen LogP contribution is 2.40. The number of amides is 1. The number of phenolic OH excluding ortho intramolecular Hbond substituents is 1. The number of hydrogen-bond donors (Lipinski definition) is 2. The van der Waals surface area contributed by atoms with Crippen LogP contribution in [0.1, 0.15) is 51.2 Å². The highest BCUT2D eigenvalue weighted by molar-refractivity contribution is 5.85. The Morgan fingerprint density at radius 3 is 2.61 bits per heavy atom. The molecule has 1 fully saturated rings. The Morgan fingerprint density at radius 2 is 1.94 bits per heavy atom. The lowest BCUT2D eigenvalue weighted by atomic mass is 9.68. The van der Waals surface area contributed by atoms with Gasteiger partial charge in [0.05, 0.1) is 12.5 Å². The average molecular weight is 517 g/mol. The number of piperidine rings is 1. The summed E-state index contributed by atoms with van der Waals surface area (Å²) in [5, 5.41) is 13.0. The molecular formula is C29H41ClN2O4. The number of hydrogen-bond acceptors (Lipinski definition) is 5. The Labute approximate surface area is 221 Å². The number of carbonyl (C=O) groups is 2. The van der Waals surface area contributed by atoms with Gasteiger partial charge in [-0.2, -0.15) is 0 Å². The topological polar surface area (TPSA) is 78.9 Å². The van der Waals surface area contributed by atoms with E-state index in [4.69, 9.17) is 4.74 Å². The van der Waals surface area contributed by atoms with Gasteiger partial charge in [0, 0.05) is 26.1 Å². The quantitative estimate of drug-likeness (QED) is 0.333. The predicted octanol–water partition coefficient (Wildman–Crippen LogP) is 4.73. The predicted molar refractivity (Wildman–Crippen MR) is 145 cm³/mol. The lowest BCUT2D eigenvalue weighted by Gasteiger charge is -2.45. The van der Waals surface area contributed by atoms with Gasteiger partial charge in [-0.05, 0) is 67.3 Å². The van der Waals surface area contributed by atoms with Gasteiger partial charge in [0.15, 0.2) is 0 Å². The molecule has 2 aromatic rings. The van der Waals surface area contributed by atoms with Gasteiger partial charge >= 0.3 is 5.97 Å². The first kappa shape index (κ1) is 29.7. The van der Waals surface area contributed by atoms with E-state index in [-0.39, 0.29) is 35.6 Å². The van der Waals surface area contributed by atoms with Crippen molar-refractivity contribution in [3.8, 4) is 5.75 Å². The van der Waals surface area contributed by atoms with Crippen LogP contribution in [0.4, 0.5) is 0 Å². The molecule has 2 aromatic carbocycles. The van der Waals surface area contributed by atoms with Crippen molar-refractivity contribution in [1.29, 1.82) is 0 Å². The highest BCUT2D eigenvalue weighted by atomic mass is 35.5. The first-order valence-electron chi connectivity index (χ1n) is 12.8. The van der Waals surface area contributed by atoms with Crippen LogP contribution in [0.3, 0.4) is 0 Å². The highest BCUT2D eigenvalue weighted by Gasteiger charge is 2.39. The first-order valence-corrected chi connectivity index (χ1v) is 12.8. The van der Waals surface area contributed by atoms with Crippen LogP contribution in [0.2, 0.25) is 0 Å². The molecule has 3 atom stereocenters. The molecule has 0 spiro atoms. The summed E-state index contributed by atoms with van der Waals surface area (Å²) in [5.74, 6) is 0.327. The summed E-state index contributed by atoms with van der Waals surface area (Å²) in [7, 11) is 0. The zero-order chi connectivity index (χ0) is 25.3. The maximum Gasteiger partial charge on any atom is 0.305 e. The van der Waals surface area contributed by atoms with Crippen LogP contribution >= 0.6 is 12.4 Å². The summed E-state index contributed by atoms with van der Waals surface area (Å²) in [6.07, 6.45) is 2.54. The van der Waals surface area contributed by atoms with Crippen LogP contribution in [0.15, 0.2) is 54.6 Å². The van der Waals surface area contributed by atoms with E-state index in [0.29, 0.717) is 50.6 Å². The van der Waals surface area contributed by atoms with Crippen LogP contribution in [0, 0.1) is 11.8 Å². The first-order chi connectivity index (χ1) is 16.8. The van der Waals surface area contributed by atoms with Crippen molar-refractivity contribution in [3.05, 3.63) is 65.7 Å². The molecule has 3 rings (SSSR count). The Bertz CT molecular complexity index is 971. The minimum Gasteiger partial charge on any atom is -0.508 e. The molecule has 6 nitrogen and oxygen atoms in total. The maximum atomic E-state index is 13.2. The molecule has 0 radical (unpaired) electrons. The summed E-state index contributed by atoms with van der Waals surface area (Å²) >= 11 is 0. The lowest BCUT2D eigenvalue weighted by molar-refractivity contribution is -0.143. The molecule has 198 valence electrons. The second kappa shape index (κ2) is 14.2. The molecule has 2 N–H and O–H groups in total. The van der Waals surface area contributed by atoms with Gasteiger partial charge in [-0.15, -0.1) is 12.4 Å². The number of nitrogens with zero attached hydrogens (tertiary/aromatic N) is 1. The van der Waals surface area contributed by atoms with E-state index in [1.807, 2.05) is 30.3 Å². The molecule has 0 saturated carbocycles. The summed E-state index contributed by atoms with van der Waals surface area (Å²) in [6, 6.07) is 17.8. The van der Waals surface area contributed by atoms with Crippen molar-refractivity contribution in [3.63, 3.8) is 0 Å². The molecule has 1 saturated heterocycles. The monoisotopic (exact) mass is 516 g/mol. The fourth-order valence-corrected chi connectivity index (χ4v) is 5.04. The normalized spacial score (nSPS) is 20.7.